The number of anilines is 1. The number of nitrogens with zero attached hydrogens (tertiary/aromatic N) is 3. The van der Waals surface area contributed by atoms with Gasteiger partial charge in [-0.2, -0.15) is 4.98 Å². The summed E-state index contributed by atoms with van der Waals surface area (Å²) in [6, 6.07) is 0. The smallest absolute Gasteiger partial charge is 0.311 e. The van der Waals surface area contributed by atoms with Gasteiger partial charge >= 0.3 is 4.87 Å². The fourth-order valence-electron chi connectivity index (χ4n) is 2.62. The molecule has 6 nitrogen and oxygen atoms in total. The van der Waals surface area contributed by atoms with Gasteiger partial charge in [-0.15, -0.1) is 0 Å². The van der Waals surface area contributed by atoms with E-state index in [1.807, 2.05) is 0 Å². The van der Waals surface area contributed by atoms with Crippen molar-refractivity contribution in [2.75, 3.05) is 12.4 Å². The van der Waals surface area contributed by atoms with Crippen LogP contribution in [-0.2, 0) is 4.74 Å². The van der Waals surface area contributed by atoms with E-state index < -0.39 is 0 Å². The van der Waals surface area contributed by atoms with E-state index in [-0.39, 0.29) is 17.2 Å². The van der Waals surface area contributed by atoms with Gasteiger partial charge in [0.15, 0.2) is 5.65 Å². The van der Waals surface area contributed by atoms with Crippen LogP contribution in [0.4, 0.5) is 5.95 Å². The molecule has 1 fully saturated rings. The van der Waals surface area contributed by atoms with Crippen molar-refractivity contribution in [3.63, 3.8) is 0 Å². The lowest BCUT2D eigenvalue weighted by Crippen LogP contribution is -2.20. The predicted molar refractivity (Wildman–Crippen MR) is 79.3 cm³/mol. The molecule has 0 aliphatic carbocycles. The first-order valence-corrected chi connectivity index (χ1v) is 7.76. The summed E-state index contributed by atoms with van der Waals surface area (Å²) in [6.45, 7) is 2.15. The Morgan fingerprint density at radius 3 is 3.15 bits per heavy atom. The van der Waals surface area contributed by atoms with Crippen LogP contribution in [0.5, 0.6) is 0 Å². The third-order valence-corrected chi connectivity index (χ3v) is 4.45. The minimum Gasteiger partial charge on any atom is -0.357 e. The molecule has 2 unspecified atom stereocenters. The van der Waals surface area contributed by atoms with Gasteiger partial charge in [0.1, 0.15) is 6.23 Å². The molecule has 2 atom stereocenters. The van der Waals surface area contributed by atoms with Gasteiger partial charge in [0, 0.05) is 7.05 Å². The molecular formula is C13H18N4O2S. The predicted octanol–water partition coefficient (Wildman–Crippen LogP) is 2.37. The zero-order valence-electron chi connectivity index (χ0n) is 11.6. The van der Waals surface area contributed by atoms with E-state index in [0.29, 0.717) is 11.6 Å². The van der Waals surface area contributed by atoms with Crippen LogP contribution in [0.3, 0.4) is 0 Å². The summed E-state index contributed by atoms with van der Waals surface area (Å²) in [5.74, 6) is 0.521. The summed E-state index contributed by atoms with van der Waals surface area (Å²) in [4.78, 5) is 20.7. The first kappa shape index (κ1) is 13.5. The van der Waals surface area contributed by atoms with Crippen molar-refractivity contribution >= 4 is 27.6 Å². The van der Waals surface area contributed by atoms with Gasteiger partial charge in [-0.25, -0.2) is 4.98 Å². The summed E-state index contributed by atoms with van der Waals surface area (Å²) in [5.41, 5.74) is 0.668. The van der Waals surface area contributed by atoms with Crippen molar-refractivity contribution in [2.45, 2.75) is 44.9 Å². The average Bonchev–Trinajstić information content (AvgIpc) is 3.01. The molecule has 2 aromatic heterocycles. The number of rotatable bonds is 4. The zero-order chi connectivity index (χ0) is 14.1. The molecule has 1 aliphatic heterocycles. The van der Waals surface area contributed by atoms with Crippen molar-refractivity contribution in [3.05, 3.63) is 15.9 Å². The lowest BCUT2D eigenvalue weighted by Gasteiger charge is -2.14. The van der Waals surface area contributed by atoms with Crippen molar-refractivity contribution in [1.82, 2.24) is 14.5 Å². The van der Waals surface area contributed by atoms with Crippen LogP contribution < -0.4 is 10.2 Å². The first-order chi connectivity index (χ1) is 9.72. The van der Waals surface area contributed by atoms with Crippen molar-refractivity contribution in [2.24, 2.45) is 0 Å². The topological polar surface area (TPSA) is 69.0 Å². The van der Waals surface area contributed by atoms with Crippen molar-refractivity contribution < 1.29 is 4.74 Å². The van der Waals surface area contributed by atoms with Crippen LogP contribution in [0.1, 0.15) is 38.8 Å². The Morgan fingerprint density at radius 1 is 1.55 bits per heavy atom. The Morgan fingerprint density at radius 2 is 2.40 bits per heavy atom. The maximum Gasteiger partial charge on any atom is 0.311 e. The van der Waals surface area contributed by atoms with E-state index in [0.717, 1.165) is 30.4 Å². The summed E-state index contributed by atoms with van der Waals surface area (Å²) in [5, 5.41) is 2.90. The van der Waals surface area contributed by atoms with Crippen LogP contribution in [0.2, 0.25) is 0 Å². The van der Waals surface area contributed by atoms with Crippen LogP contribution in [0.25, 0.3) is 10.3 Å². The maximum absolute atomic E-state index is 12.2. The molecule has 108 valence electrons. The monoisotopic (exact) mass is 294 g/mol. The van der Waals surface area contributed by atoms with Gasteiger partial charge in [0.25, 0.3) is 0 Å². The molecule has 1 aliphatic rings. The number of nitrogens with one attached hydrogen (secondary N) is 1. The Balaban J connectivity index is 1.98. The minimum atomic E-state index is -0.188. The SMILES string of the molecule is CCCC1CCC(n2c(=O)sc3cnc(NC)nc32)O1. The first-order valence-electron chi connectivity index (χ1n) is 6.94. The molecule has 20 heavy (non-hydrogen) atoms. The number of thiazole rings is 1. The van der Waals surface area contributed by atoms with Gasteiger partial charge < -0.3 is 10.1 Å². The lowest BCUT2D eigenvalue weighted by atomic mass is 10.1. The normalized spacial score (nSPS) is 22.5. The number of hydrogen-bond acceptors (Lipinski definition) is 6. The molecule has 7 heteroatoms. The molecule has 0 aromatic carbocycles. The highest BCUT2D eigenvalue weighted by molar-refractivity contribution is 7.16. The minimum absolute atomic E-state index is 0.0234. The standard InChI is InChI=1S/C13H18N4O2S/c1-3-4-8-5-6-10(19-8)17-11-9(20-13(17)18)7-15-12(14-2)16-11/h7-8,10H,3-6H2,1-2H3,(H,14,15,16). The molecular weight excluding hydrogens is 276 g/mol. The Kier molecular flexibility index (Phi) is 3.71. The highest BCUT2D eigenvalue weighted by Crippen LogP contribution is 2.32. The third kappa shape index (κ3) is 2.31. The molecule has 0 bridgehead atoms. The summed E-state index contributed by atoms with van der Waals surface area (Å²) >= 11 is 1.17. The average molecular weight is 294 g/mol. The number of ether oxygens (including phenoxy) is 1. The molecule has 2 aromatic rings. The molecule has 0 spiro atoms. The van der Waals surface area contributed by atoms with Crippen molar-refractivity contribution in [3.8, 4) is 0 Å². The van der Waals surface area contributed by atoms with Gasteiger partial charge in [-0.1, -0.05) is 24.7 Å². The highest BCUT2D eigenvalue weighted by Gasteiger charge is 2.29. The van der Waals surface area contributed by atoms with E-state index in [9.17, 15) is 4.79 Å². The number of fused-ring (bicyclic) bond motifs is 1. The molecule has 1 saturated heterocycles. The Bertz CT molecular complexity index is 666. The van der Waals surface area contributed by atoms with Crippen LogP contribution in [0.15, 0.2) is 11.0 Å². The number of hydrogen-bond donors (Lipinski definition) is 1. The van der Waals surface area contributed by atoms with E-state index in [1.54, 1.807) is 17.8 Å². The molecule has 3 rings (SSSR count). The Labute approximate surface area is 120 Å². The van der Waals surface area contributed by atoms with Crippen LogP contribution in [-0.4, -0.2) is 27.7 Å². The maximum atomic E-state index is 12.2. The summed E-state index contributed by atoms with van der Waals surface area (Å²) in [7, 11) is 1.76. The second-order valence-corrected chi connectivity index (χ2v) is 5.94. The van der Waals surface area contributed by atoms with Gasteiger partial charge in [-0.3, -0.25) is 9.36 Å². The van der Waals surface area contributed by atoms with E-state index in [1.165, 1.54) is 11.3 Å². The van der Waals surface area contributed by atoms with E-state index in [4.69, 9.17) is 4.74 Å². The van der Waals surface area contributed by atoms with E-state index >= 15 is 0 Å². The van der Waals surface area contributed by atoms with E-state index in [2.05, 4.69) is 22.2 Å². The third-order valence-electron chi connectivity index (χ3n) is 3.57. The Hall–Kier alpha value is -1.47. The fourth-order valence-corrected chi connectivity index (χ4v) is 3.45. The van der Waals surface area contributed by atoms with Crippen molar-refractivity contribution in [1.29, 1.82) is 0 Å². The second-order valence-electron chi connectivity index (χ2n) is 4.95. The molecule has 0 radical (unpaired) electrons. The lowest BCUT2D eigenvalue weighted by molar-refractivity contribution is -0.000430. The quantitative estimate of drug-likeness (QED) is 0.937. The molecule has 1 N–H and O–H groups in total. The molecule has 0 saturated carbocycles. The van der Waals surface area contributed by atoms with Gasteiger partial charge in [-0.05, 0) is 19.3 Å². The van der Waals surface area contributed by atoms with Gasteiger partial charge in [0.05, 0.1) is 17.0 Å². The van der Waals surface area contributed by atoms with Gasteiger partial charge in [0.2, 0.25) is 5.95 Å². The van der Waals surface area contributed by atoms with Crippen LogP contribution in [0, 0.1) is 0 Å². The summed E-state index contributed by atoms with van der Waals surface area (Å²) < 4.78 is 8.48. The highest BCUT2D eigenvalue weighted by atomic mass is 32.1. The second kappa shape index (κ2) is 5.49. The summed E-state index contributed by atoms with van der Waals surface area (Å²) in [6.07, 6.45) is 5.79. The molecule has 0 amide bonds. The molecule has 3 heterocycles. The van der Waals surface area contributed by atoms with Crippen LogP contribution >= 0.6 is 11.3 Å². The zero-order valence-corrected chi connectivity index (χ0v) is 12.4. The fraction of sp³-hybridized carbons (Fsp3) is 0.615. The largest absolute Gasteiger partial charge is 0.357 e. The number of aromatic nitrogens is 3.